The van der Waals surface area contributed by atoms with E-state index in [1.54, 1.807) is 53.7 Å². The molecule has 14 nitrogen and oxygen atoms in total. The average Bonchev–Trinajstić information content (AvgIpc) is 3.91. The number of alkyl carbamates (subject to hydrolysis) is 1. The zero-order chi connectivity index (χ0) is 36.5. The molecule has 0 aromatic heterocycles. The number of thioether (sulfide) groups is 1. The van der Waals surface area contributed by atoms with Crippen molar-refractivity contribution in [2.75, 3.05) is 18.1 Å². The monoisotopic (exact) mass is 721 g/mol. The highest BCUT2D eigenvalue weighted by atomic mass is 32.2. The van der Waals surface area contributed by atoms with Gasteiger partial charge < -0.3 is 25.0 Å². The molecule has 1 saturated heterocycles. The molecule has 49 heavy (non-hydrogen) atoms. The van der Waals surface area contributed by atoms with Crippen molar-refractivity contribution < 1.29 is 41.9 Å². The zero-order valence-electron chi connectivity index (χ0n) is 29.0. The maximum atomic E-state index is 14.3. The van der Waals surface area contributed by atoms with E-state index in [0.29, 0.717) is 18.5 Å². The quantitative estimate of drug-likeness (QED) is 0.194. The highest BCUT2D eigenvalue weighted by Crippen LogP contribution is 2.45. The van der Waals surface area contributed by atoms with Crippen LogP contribution in [0.25, 0.3) is 0 Å². The molecule has 16 heteroatoms. The van der Waals surface area contributed by atoms with Crippen LogP contribution in [-0.4, -0.2) is 90.6 Å². The topological polar surface area (TPSA) is 189 Å². The number of carbonyl (C=O) groups excluding carboxylic acids is 5. The number of nitrogens with zero attached hydrogens (tertiary/aromatic N) is 1. The van der Waals surface area contributed by atoms with Crippen molar-refractivity contribution in [2.24, 2.45) is 11.3 Å². The van der Waals surface area contributed by atoms with Gasteiger partial charge >= 0.3 is 12.2 Å². The molecule has 2 aliphatic carbocycles. The SMILES string of the molecule is C=CC1CC1(NC(=O)C1CC(OC(=O)Nc2ccccc2SC)CN1C(=O)C(NC(=O)OC(C)(C)C)C(C)(C)C)C(=O)NS(=O)(=O)C1CC1. The van der Waals surface area contributed by atoms with Crippen molar-refractivity contribution in [3.63, 3.8) is 0 Å². The van der Waals surface area contributed by atoms with Crippen molar-refractivity contribution >= 4 is 57.4 Å². The fraction of sp³-hybridized carbons (Fsp3) is 0.606. The van der Waals surface area contributed by atoms with E-state index in [-0.39, 0.29) is 19.4 Å². The van der Waals surface area contributed by atoms with Crippen LogP contribution in [0.2, 0.25) is 0 Å². The van der Waals surface area contributed by atoms with Gasteiger partial charge in [0.2, 0.25) is 21.8 Å². The molecule has 0 bridgehead atoms. The summed E-state index contributed by atoms with van der Waals surface area (Å²) >= 11 is 1.43. The predicted molar refractivity (Wildman–Crippen MR) is 184 cm³/mol. The molecule has 0 spiro atoms. The highest BCUT2D eigenvalue weighted by Gasteiger charge is 2.62. The smallest absolute Gasteiger partial charge is 0.411 e. The van der Waals surface area contributed by atoms with Crippen LogP contribution in [-0.2, 0) is 33.9 Å². The van der Waals surface area contributed by atoms with Gasteiger partial charge in [-0.2, -0.15) is 0 Å². The fourth-order valence-corrected chi connectivity index (χ4v) is 7.59. The Morgan fingerprint density at radius 3 is 2.27 bits per heavy atom. The molecule has 5 atom stereocenters. The first kappa shape index (κ1) is 38.0. The molecule has 2 saturated carbocycles. The number of carbonyl (C=O) groups is 5. The van der Waals surface area contributed by atoms with Gasteiger partial charge in [-0.25, -0.2) is 18.0 Å². The maximum absolute atomic E-state index is 14.3. The molecule has 270 valence electrons. The van der Waals surface area contributed by atoms with Crippen molar-refractivity contribution in [3.8, 4) is 0 Å². The zero-order valence-corrected chi connectivity index (χ0v) is 30.6. The van der Waals surface area contributed by atoms with Crippen molar-refractivity contribution in [2.45, 2.75) is 107 Å². The summed E-state index contributed by atoms with van der Waals surface area (Å²) in [6.45, 7) is 13.8. The van der Waals surface area contributed by atoms with E-state index >= 15 is 0 Å². The van der Waals surface area contributed by atoms with Crippen molar-refractivity contribution in [1.82, 2.24) is 20.3 Å². The number of likely N-dealkylation sites (tertiary alicyclic amines) is 1. The maximum Gasteiger partial charge on any atom is 0.411 e. The van der Waals surface area contributed by atoms with Crippen LogP contribution in [0.5, 0.6) is 0 Å². The van der Waals surface area contributed by atoms with Crippen LogP contribution in [0, 0.1) is 11.3 Å². The lowest BCUT2D eigenvalue weighted by atomic mass is 9.85. The molecule has 3 fully saturated rings. The number of amides is 5. The minimum atomic E-state index is -3.91. The van der Waals surface area contributed by atoms with Gasteiger partial charge in [-0.3, -0.25) is 24.4 Å². The predicted octanol–water partition coefficient (Wildman–Crippen LogP) is 3.54. The second-order valence-electron chi connectivity index (χ2n) is 14.7. The molecule has 1 aliphatic heterocycles. The molecular weight excluding hydrogens is 675 g/mol. The third-order valence-corrected chi connectivity index (χ3v) is 11.1. The van der Waals surface area contributed by atoms with Gasteiger partial charge in [-0.05, 0) is 63.8 Å². The summed E-state index contributed by atoms with van der Waals surface area (Å²) in [5.74, 6) is -2.82. The van der Waals surface area contributed by atoms with Crippen LogP contribution in [0.4, 0.5) is 15.3 Å². The number of ether oxygens (including phenoxy) is 2. The number of hydrogen-bond donors (Lipinski definition) is 4. The third-order valence-electron chi connectivity index (χ3n) is 8.49. The molecule has 1 heterocycles. The molecule has 4 N–H and O–H groups in total. The normalized spacial score (nSPS) is 24.2. The molecule has 4 rings (SSSR count). The first-order chi connectivity index (χ1) is 22.7. The molecule has 5 unspecified atom stereocenters. The summed E-state index contributed by atoms with van der Waals surface area (Å²) in [5, 5.41) is 7.38. The molecule has 3 aliphatic rings. The van der Waals surface area contributed by atoms with Gasteiger partial charge in [0.05, 0.1) is 17.5 Å². The van der Waals surface area contributed by atoms with E-state index < -0.39 is 85.8 Å². The van der Waals surface area contributed by atoms with Gasteiger partial charge in [0.25, 0.3) is 5.91 Å². The van der Waals surface area contributed by atoms with Crippen molar-refractivity contribution in [1.29, 1.82) is 0 Å². The second kappa shape index (κ2) is 14.2. The Hall–Kier alpha value is -3.79. The van der Waals surface area contributed by atoms with E-state index in [1.807, 2.05) is 18.4 Å². The molecular formula is C33H47N5O9S2. The number of rotatable bonds is 11. The molecule has 1 aromatic carbocycles. The van der Waals surface area contributed by atoms with Gasteiger partial charge in [-0.15, -0.1) is 18.3 Å². The highest BCUT2D eigenvalue weighted by molar-refractivity contribution is 7.98. The van der Waals surface area contributed by atoms with Gasteiger partial charge in [0.15, 0.2) is 0 Å². The Kier molecular flexibility index (Phi) is 11.0. The average molecular weight is 722 g/mol. The number of hydrogen-bond acceptors (Lipinski definition) is 10. The number of sulfonamides is 1. The Morgan fingerprint density at radius 2 is 1.71 bits per heavy atom. The number of benzene rings is 1. The number of para-hydroxylation sites is 1. The number of anilines is 1. The lowest BCUT2D eigenvalue weighted by Gasteiger charge is -2.36. The minimum absolute atomic E-state index is 0.108. The largest absolute Gasteiger partial charge is 0.444 e. The lowest BCUT2D eigenvalue weighted by molar-refractivity contribution is -0.143. The summed E-state index contributed by atoms with van der Waals surface area (Å²) in [6.07, 6.45) is 1.60. The van der Waals surface area contributed by atoms with Crippen molar-refractivity contribution in [3.05, 3.63) is 36.9 Å². The van der Waals surface area contributed by atoms with E-state index in [2.05, 4.69) is 27.3 Å². The Bertz CT molecular complexity index is 1600. The lowest BCUT2D eigenvalue weighted by Crippen LogP contribution is -2.60. The standard InChI is InChI=1S/C33H47N5O9S2/c1-9-19-17-33(19,28(41)37-49(44,45)21-14-15-21)36-26(39)23-16-20(46-29(42)34-22-12-10-11-13-24(22)48-8)18-38(23)27(40)25(31(2,3)4)35-30(43)47-32(5,6)7/h9-13,19-21,23,25H,1,14-18H2,2-8H3,(H,34,42)(H,35,43)(H,36,39)(H,37,41). The Labute approximate surface area is 291 Å². The summed E-state index contributed by atoms with van der Waals surface area (Å²) in [7, 11) is -3.91. The first-order valence-corrected chi connectivity index (χ1v) is 18.9. The van der Waals surface area contributed by atoms with Gasteiger partial charge in [0.1, 0.15) is 29.3 Å². The first-order valence-electron chi connectivity index (χ1n) is 16.1. The van der Waals surface area contributed by atoms with E-state index in [9.17, 15) is 32.4 Å². The van der Waals surface area contributed by atoms with E-state index in [0.717, 1.165) is 4.90 Å². The van der Waals surface area contributed by atoms with Gasteiger partial charge in [-0.1, -0.05) is 39.0 Å². The second-order valence-corrected chi connectivity index (χ2v) is 17.5. The van der Waals surface area contributed by atoms with E-state index in [4.69, 9.17) is 9.47 Å². The molecule has 5 amide bonds. The fourth-order valence-electron chi connectivity index (χ4n) is 5.67. The minimum Gasteiger partial charge on any atom is -0.444 e. The van der Waals surface area contributed by atoms with Crippen LogP contribution < -0.4 is 20.7 Å². The van der Waals surface area contributed by atoms with Crippen LogP contribution >= 0.6 is 11.8 Å². The Morgan fingerprint density at radius 1 is 1.06 bits per heavy atom. The van der Waals surface area contributed by atoms with Crippen LogP contribution in [0.1, 0.15) is 67.2 Å². The Balaban J connectivity index is 1.59. The van der Waals surface area contributed by atoms with Gasteiger partial charge in [0, 0.05) is 17.2 Å². The third kappa shape index (κ3) is 9.26. The molecule has 0 radical (unpaired) electrons. The summed E-state index contributed by atoms with van der Waals surface area (Å²) in [5.41, 5.74) is -2.77. The number of nitrogens with one attached hydrogen (secondary N) is 4. The van der Waals surface area contributed by atoms with Crippen LogP contribution in [0.15, 0.2) is 41.8 Å². The van der Waals surface area contributed by atoms with Crippen LogP contribution in [0.3, 0.4) is 0 Å². The summed E-state index contributed by atoms with van der Waals surface area (Å²) < 4.78 is 38.4. The summed E-state index contributed by atoms with van der Waals surface area (Å²) in [4.78, 5) is 69.5. The van der Waals surface area contributed by atoms with E-state index in [1.165, 1.54) is 22.7 Å². The summed E-state index contributed by atoms with van der Waals surface area (Å²) in [6, 6.07) is 4.72. The molecule has 1 aromatic rings.